The van der Waals surface area contributed by atoms with Gasteiger partial charge < -0.3 is 4.74 Å². The zero-order valence-corrected chi connectivity index (χ0v) is 9.80. The maximum absolute atomic E-state index is 11.5. The molecule has 1 aromatic carbocycles. The lowest BCUT2D eigenvalue weighted by Gasteiger charge is -2.11. The average molecular weight is 234 g/mol. The summed E-state index contributed by atoms with van der Waals surface area (Å²) in [6.45, 7) is 2.50. The number of hydrogen-bond donors (Lipinski definition) is 1. The highest BCUT2D eigenvalue weighted by Gasteiger charge is 2.11. The number of aromatic amines is 1. The molecule has 0 fully saturated rings. The Labute approximate surface area is 98.2 Å². The number of nitrogens with zero attached hydrogens (tertiary/aromatic N) is 3. The van der Waals surface area contributed by atoms with Gasteiger partial charge in [0.25, 0.3) is 0 Å². The van der Waals surface area contributed by atoms with Crippen LogP contribution in [0.2, 0.25) is 0 Å². The Morgan fingerprint density at radius 3 is 2.88 bits per heavy atom. The molecule has 0 radical (unpaired) electrons. The fraction of sp³-hybridized carbons (Fsp3) is 0.364. The first-order chi connectivity index (χ1) is 8.27. The van der Waals surface area contributed by atoms with Crippen molar-refractivity contribution in [3.63, 3.8) is 0 Å². The molecule has 2 aromatic rings. The maximum atomic E-state index is 11.5. The third-order valence-corrected chi connectivity index (χ3v) is 2.62. The number of ether oxygens (including phenoxy) is 1. The van der Waals surface area contributed by atoms with Crippen LogP contribution < -0.4 is 5.69 Å². The monoisotopic (exact) mass is 234 g/mol. The van der Waals surface area contributed by atoms with E-state index in [0.29, 0.717) is 12.3 Å². The first-order valence-electron chi connectivity index (χ1n) is 5.38. The largest absolute Gasteiger partial charge is 0.380 e. The second-order valence-corrected chi connectivity index (χ2v) is 3.62. The first kappa shape index (κ1) is 11.5. The highest BCUT2D eigenvalue weighted by Crippen LogP contribution is 2.18. The van der Waals surface area contributed by atoms with Gasteiger partial charge in [-0.05, 0) is 28.5 Å². The number of nitrogens with one attached hydrogen (secondary N) is 1. The molecule has 1 aromatic heterocycles. The molecule has 17 heavy (non-hydrogen) atoms. The third-order valence-electron chi connectivity index (χ3n) is 2.62. The Balaban J connectivity index is 2.61. The molecule has 90 valence electrons. The molecule has 0 spiro atoms. The minimum Gasteiger partial charge on any atom is -0.380 e. The molecule has 6 nitrogen and oxygen atoms in total. The van der Waals surface area contributed by atoms with Gasteiger partial charge in [0.2, 0.25) is 0 Å². The molecule has 0 atom stereocenters. The van der Waals surface area contributed by atoms with Gasteiger partial charge in [-0.25, -0.2) is 9.89 Å². The normalized spacial score (nSPS) is 10.7. The van der Waals surface area contributed by atoms with E-state index in [-0.39, 0.29) is 5.69 Å². The average Bonchev–Trinajstić information content (AvgIpc) is 2.76. The van der Waals surface area contributed by atoms with E-state index < -0.39 is 0 Å². The molecule has 2 rings (SSSR count). The molecule has 1 N–H and O–H groups in total. The Morgan fingerprint density at radius 2 is 2.29 bits per heavy atom. The highest BCUT2D eigenvalue weighted by atomic mass is 16.5. The van der Waals surface area contributed by atoms with Gasteiger partial charge in [-0.15, -0.1) is 0 Å². The minimum atomic E-state index is -0.351. The van der Waals surface area contributed by atoms with Crippen LogP contribution in [-0.2, 0) is 17.8 Å². The van der Waals surface area contributed by atoms with Crippen LogP contribution >= 0.6 is 0 Å². The summed E-state index contributed by atoms with van der Waals surface area (Å²) < 4.78 is 6.42. The van der Waals surface area contributed by atoms with Crippen molar-refractivity contribution >= 4 is 0 Å². The molecule has 0 aliphatic rings. The van der Waals surface area contributed by atoms with Crippen LogP contribution in [0, 0.1) is 0 Å². The first-order valence-corrected chi connectivity index (χ1v) is 5.38. The van der Waals surface area contributed by atoms with Crippen LogP contribution in [0.5, 0.6) is 0 Å². The number of benzene rings is 1. The van der Waals surface area contributed by atoms with Gasteiger partial charge in [-0.3, -0.25) is 0 Å². The summed E-state index contributed by atoms with van der Waals surface area (Å²) in [5, 5.41) is 9.52. The molecular weight excluding hydrogens is 220 g/mol. The molecule has 0 amide bonds. The van der Waals surface area contributed by atoms with E-state index in [4.69, 9.17) is 4.74 Å². The number of rotatable bonds is 4. The van der Waals surface area contributed by atoms with Gasteiger partial charge >= 0.3 is 5.69 Å². The zero-order valence-electron chi connectivity index (χ0n) is 9.80. The molecule has 0 saturated heterocycles. The predicted octanol–water partition coefficient (Wildman–Crippen LogP) is 0.664. The number of H-pyrrole nitrogens is 1. The van der Waals surface area contributed by atoms with Gasteiger partial charge in [0.15, 0.2) is 0 Å². The quantitative estimate of drug-likeness (QED) is 0.843. The Hall–Kier alpha value is -1.95. The SMILES string of the molecule is CCc1cccc(-n2nn[nH]c2=O)c1COC. The summed E-state index contributed by atoms with van der Waals surface area (Å²) in [7, 11) is 1.63. The van der Waals surface area contributed by atoms with Crippen molar-refractivity contribution in [1.29, 1.82) is 0 Å². The van der Waals surface area contributed by atoms with Crippen molar-refractivity contribution in [2.75, 3.05) is 7.11 Å². The number of aromatic nitrogens is 4. The molecular formula is C11H14N4O2. The maximum Gasteiger partial charge on any atom is 0.365 e. The fourth-order valence-corrected chi connectivity index (χ4v) is 1.82. The van der Waals surface area contributed by atoms with Crippen LogP contribution in [0.25, 0.3) is 5.69 Å². The van der Waals surface area contributed by atoms with Gasteiger partial charge in [0.1, 0.15) is 0 Å². The van der Waals surface area contributed by atoms with Gasteiger partial charge in [-0.2, -0.15) is 4.68 Å². The molecule has 1 heterocycles. The number of hydrogen-bond acceptors (Lipinski definition) is 4. The van der Waals surface area contributed by atoms with Gasteiger partial charge in [-0.1, -0.05) is 19.1 Å². The van der Waals surface area contributed by atoms with E-state index in [0.717, 1.165) is 17.5 Å². The van der Waals surface area contributed by atoms with Crippen molar-refractivity contribution in [1.82, 2.24) is 20.2 Å². The summed E-state index contributed by atoms with van der Waals surface area (Å²) in [5.74, 6) is 0. The lowest BCUT2D eigenvalue weighted by Crippen LogP contribution is -2.18. The molecule has 0 aliphatic heterocycles. The third kappa shape index (κ3) is 2.12. The lowest BCUT2D eigenvalue weighted by molar-refractivity contribution is 0.184. The van der Waals surface area contributed by atoms with Crippen molar-refractivity contribution in [2.45, 2.75) is 20.0 Å². The Morgan fingerprint density at radius 1 is 1.47 bits per heavy atom. The molecule has 0 saturated carbocycles. The number of aryl methyl sites for hydroxylation is 1. The lowest BCUT2D eigenvalue weighted by atomic mass is 10.0. The van der Waals surface area contributed by atoms with E-state index in [1.807, 2.05) is 18.2 Å². The van der Waals surface area contributed by atoms with Crippen molar-refractivity contribution in [2.24, 2.45) is 0 Å². The topological polar surface area (TPSA) is 72.8 Å². The molecule has 0 aliphatic carbocycles. The second kappa shape index (κ2) is 4.92. The predicted molar refractivity (Wildman–Crippen MR) is 62.1 cm³/mol. The minimum absolute atomic E-state index is 0.351. The smallest absolute Gasteiger partial charge is 0.365 e. The molecule has 0 bridgehead atoms. The van der Waals surface area contributed by atoms with Gasteiger partial charge in [0.05, 0.1) is 12.3 Å². The van der Waals surface area contributed by atoms with Crippen molar-refractivity contribution < 1.29 is 4.74 Å². The Kier molecular flexibility index (Phi) is 3.34. The second-order valence-electron chi connectivity index (χ2n) is 3.62. The molecule has 6 heteroatoms. The fourth-order valence-electron chi connectivity index (χ4n) is 1.82. The van der Waals surface area contributed by atoms with E-state index in [1.165, 1.54) is 4.68 Å². The number of methoxy groups -OCH3 is 1. The zero-order chi connectivity index (χ0) is 12.3. The van der Waals surface area contributed by atoms with Gasteiger partial charge in [0, 0.05) is 12.7 Å². The summed E-state index contributed by atoms with van der Waals surface area (Å²) in [6.07, 6.45) is 0.874. The van der Waals surface area contributed by atoms with E-state index in [9.17, 15) is 4.79 Å². The van der Waals surface area contributed by atoms with Crippen molar-refractivity contribution in [3.05, 3.63) is 39.8 Å². The van der Waals surface area contributed by atoms with E-state index in [2.05, 4.69) is 22.4 Å². The van der Waals surface area contributed by atoms with Crippen LogP contribution in [-0.4, -0.2) is 27.3 Å². The molecule has 0 unspecified atom stereocenters. The van der Waals surface area contributed by atoms with Crippen molar-refractivity contribution in [3.8, 4) is 5.69 Å². The summed E-state index contributed by atoms with van der Waals surface area (Å²) >= 11 is 0. The van der Waals surface area contributed by atoms with E-state index >= 15 is 0 Å². The standard InChI is InChI=1S/C11H14N4O2/c1-3-8-5-4-6-10(9(8)7-17-2)15-11(16)12-13-14-15/h4-6H,3,7H2,1-2H3,(H,12,14,16). The summed E-state index contributed by atoms with van der Waals surface area (Å²) in [4.78, 5) is 11.5. The van der Waals surface area contributed by atoms with Crippen LogP contribution in [0.15, 0.2) is 23.0 Å². The van der Waals surface area contributed by atoms with Crippen LogP contribution in [0.3, 0.4) is 0 Å². The van der Waals surface area contributed by atoms with E-state index in [1.54, 1.807) is 7.11 Å². The number of tetrazole rings is 1. The summed E-state index contributed by atoms with van der Waals surface area (Å²) in [5.41, 5.74) is 2.47. The highest BCUT2D eigenvalue weighted by molar-refractivity contribution is 5.44. The Bertz CT molecular complexity index is 559. The van der Waals surface area contributed by atoms with Crippen LogP contribution in [0.1, 0.15) is 18.1 Å². The van der Waals surface area contributed by atoms with Crippen LogP contribution in [0.4, 0.5) is 0 Å². The summed E-state index contributed by atoms with van der Waals surface area (Å²) in [6, 6.07) is 5.74.